The van der Waals surface area contributed by atoms with Crippen LogP contribution in [0.2, 0.25) is 5.15 Å². The number of piperidine rings is 1. The monoisotopic (exact) mass is 371 g/mol. The highest BCUT2D eigenvalue weighted by molar-refractivity contribution is 6.29. The third-order valence-electron chi connectivity index (χ3n) is 5.43. The van der Waals surface area contributed by atoms with Crippen LogP contribution in [0.5, 0.6) is 0 Å². The van der Waals surface area contributed by atoms with Crippen LogP contribution in [0.1, 0.15) is 24.8 Å². The molecule has 0 aliphatic carbocycles. The van der Waals surface area contributed by atoms with Gasteiger partial charge in [-0.3, -0.25) is 4.90 Å². The molecule has 2 aliphatic rings. The molecule has 2 aromatic rings. The average molecular weight is 372 g/mol. The van der Waals surface area contributed by atoms with E-state index in [0.29, 0.717) is 17.2 Å². The summed E-state index contributed by atoms with van der Waals surface area (Å²) in [6, 6.07) is 15.8. The Balaban J connectivity index is 1.22. The molecule has 26 heavy (non-hydrogen) atoms. The van der Waals surface area contributed by atoms with Gasteiger partial charge in [-0.05, 0) is 37.0 Å². The molecule has 4 rings (SSSR count). The standard InChI is InChI=1S/C20H26ClN5/c21-19-6-7-20(24-23-19)26-12-9-17(10-13-26)22-18-8-11-25(15-18)14-16-4-2-1-3-5-16/h1-7,17-18,22H,8-15H2. The zero-order valence-corrected chi connectivity index (χ0v) is 15.8. The molecule has 2 aliphatic heterocycles. The number of benzene rings is 1. The molecule has 0 bridgehead atoms. The van der Waals surface area contributed by atoms with Crippen molar-refractivity contribution in [2.45, 2.75) is 37.9 Å². The van der Waals surface area contributed by atoms with Crippen molar-refractivity contribution in [2.24, 2.45) is 0 Å². The summed E-state index contributed by atoms with van der Waals surface area (Å²) in [7, 11) is 0. The van der Waals surface area contributed by atoms with E-state index in [-0.39, 0.29) is 0 Å². The first-order valence-electron chi connectivity index (χ1n) is 9.53. The molecular weight excluding hydrogens is 346 g/mol. The highest BCUT2D eigenvalue weighted by Gasteiger charge is 2.27. The van der Waals surface area contributed by atoms with E-state index in [0.717, 1.165) is 44.8 Å². The molecule has 138 valence electrons. The molecule has 6 heteroatoms. The number of rotatable bonds is 5. The molecule has 1 unspecified atom stereocenters. The summed E-state index contributed by atoms with van der Waals surface area (Å²) in [5.74, 6) is 0.933. The zero-order valence-electron chi connectivity index (χ0n) is 15.0. The van der Waals surface area contributed by atoms with Crippen molar-refractivity contribution in [2.75, 3.05) is 31.1 Å². The molecule has 0 radical (unpaired) electrons. The Morgan fingerprint density at radius 1 is 0.923 bits per heavy atom. The second kappa shape index (κ2) is 8.33. The molecule has 3 heterocycles. The first kappa shape index (κ1) is 17.7. The molecule has 2 fully saturated rings. The van der Waals surface area contributed by atoms with Gasteiger partial charge in [0, 0.05) is 44.8 Å². The number of likely N-dealkylation sites (tertiary alicyclic amines) is 1. The average Bonchev–Trinajstić information content (AvgIpc) is 3.11. The summed E-state index contributed by atoms with van der Waals surface area (Å²) >= 11 is 5.83. The molecular formula is C20H26ClN5. The second-order valence-electron chi connectivity index (χ2n) is 7.35. The van der Waals surface area contributed by atoms with Crippen molar-refractivity contribution in [3.05, 3.63) is 53.2 Å². The zero-order chi connectivity index (χ0) is 17.8. The van der Waals surface area contributed by atoms with Gasteiger partial charge in [-0.2, -0.15) is 0 Å². The van der Waals surface area contributed by atoms with Gasteiger partial charge in [0.2, 0.25) is 0 Å². The summed E-state index contributed by atoms with van der Waals surface area (Å²) in [5.41, 5.74) is 1.41. The Morgan fingerprint density at radius 3 is 2.42 bits per heavy atom. The van der Waals surface area contributed by atoms with Gasteiger partial charge >= 0.3 is 0 Å². The van der Waals surface area contributed by atoms with Crippen molar-refractivity contribution in [3.63, 3.8) is 0 Å². The van der Waals surface area contributed by atoms with Crippen LogP contribution >= 0.6 is 11.6 Å². The number of nitrogens with zero attached hydrogens (tertiary/aromatic N) is 4. The Hall–Kier alpha value is -1.69. The Morgan fingerprint density at radius 2 is 1.69 bits per heavy atom. The lowest BCUT2D eigenvalue weighted by Gasteiger charge is -2.34. The number of halogens is 1. The predicted octanol–water partition coefficient (Wildman–Crippen LogP) is 2.96. The molecule has 5 nitrogen and oxygen atoms in total. The first-order chi connectivity index (χ1) is 12.8. The lowest BCUT2D eigenvalue weighted by atomic mass is 10.0. The van der Waals surface area contributed by atoms with E-state index in [9.17, 15) is 0 Å². The fraction of sp³-hybridized carbons (Fsp3) is 0.500. The lowest BCUT2D eigenvalue weighted by Crippen LogP contribution is -2.47. The van der Waals surface area contributed by atoms with Gasteiger partial charge in [-0.1, -0.05) is 41.9 Å². The van der Waals surface area contributed by atoms with E-state index < -0.39 is 0 Å². The van der Waals surface area contributed by atoms with Crippen LogP contribution < -0.4 is 10.2 Å². The summed E-state index contributed by atoms with van der Waals surface area (Å²) in [5, 5.41) is 12.5. The van der Waals surface area contributed by atoms with E-state index in [1.165, 1.54) is 18.5 Å². The molecule has 2 saturated heterocycles. The number of nitrogens with one attached hydrogen (secondary N) is 1. The molecule has 1 aromatic heterocycles. The van der Waals surface area contributed by atoms with Gasteiger partial charge in [-0.25, -0.2) is 0 Å². The molecule has 1 atom stereocenters. The Labute approximate surface area is 160 Å². The number of anilines is 1. The SMILES string of the molecule is Clc1ccc(N2CCC(NC3CCN(Cc4ccccc4)C3)CC2)nn1. The first-order valence-corrected chi connectivity index (χ1v) is 9.90. The number of hydrogen-bond donors (Lipinski definition) is 1. The highest BCUT2D eigenvalue weighted by Crippen LogP contribution is 2.20. The summed E-state index contributed by atoms with van der Waals surface area (Å²) in [6.07, 6.45) is 3.55. The molecule has 0 saturated carbocycles. The molecule has 1 N–H and O–H groups in total. The fourth-order valence-corrected chi connectivity index (χ4v) is 4.14. The van der Waals surface area contributed by atoms with Gasteiger partial charge in [0.1, 0.15) is 0 Å². The van der Waals surface area contributed by atoms with Crippen molar-refractivity contribution in [3.8, 4) is 0 Å². The smallest absolute Gasteiger partial charge is 0.151 e. The summed E-state index contributed by atoms with van der Waals surface area (Å²) in [6.45, 7) is 5.44. The maximum atomic E-state index is 5.83. The van der Waals surface area contributed by atoms with Crippen molar-refractivity contribution < 1.29 is 0 Å². The number of hydrogen-bond acceptors (Lipinski definition) is 5. The minimum atomic E-state index is 0.451. The topological polar surface area (TPSA) is 44.3 Å². The minimum Gasteiger partial charge on any atom is -0.355 e. The van der Waals surface area contributed by atoms with Crippen LogP contribution in [0.4, 0.5) is 5.82 Å². The third kappa shape index (κ3) is 4.53. The maximum absolute atomic E-state index is 5.83. The van der Waals surface area contributed by atoms with E-state index in [1.54, 1.807) is 0 Å². The van der Waals surface area contributed by atoms with Crippen molar-refractivity contribution >= 4 is 17.4 Å². The van der Waals surface area contributed by atoms with E-state index in [2.05, 4.69) is 55.6 Å². The van der Waals surface area contributed by atoms with Gasteiger partial charge in [-0.15, -0.1) is 10.2 Å². The van der Waals surface area contributed by atoms with Crippen molar-refractivity contribution in [1.29, 1.82) is 0 Å². The van der Waals surface area contributed by atoms with Crippen LogP contribution in [0.25, 0.3) is 0 Å². The molecule has 0 spiro atoms. The van der Waals surface area contributed by atoms with E-state index >= 15 is 0 Å². The van der Waals surface area contributed by atoms with Gasteiger partial charge in [0.25, 0.3) is 0 Å². The van der Waals surface area contributed by atoms with Gasteiger partial charge < -0.3 is 10.2 Å². The second-order valence-corrected chi connectivity index (χ2v) is 7.74. The summed E-state index contributed by atoms with van der Waals surface area (Å²) < 4.78 is 0. The van der Waals surface area contributed by atoms with E-state index in [1.807, 2.05) is 12.1 Å². The van der Waals surface area contributed by atoms with Crippen LogP contribution in [-0.2, 0) is 6.54 Å². The minimum absolute atomic E-state index is 0.451. The lowest BCUT2D eigenvalue weighted by molar-refractivity contribution is 0.306. The van der Waals surface area contributed by atoms with Crippen LogP contribution in [-0.4, -0.2) is 53.4 Å². The summed E-state index contributed by atoms with van der Waals surface area (Å²) in [4.78, 5) is 4.86. The molecule has 1 aromatic carbocycles. The van der Waals surface area contributed by atoms with Crippen LogP contribution in [0, 0.1) is 0 Å². The van der Waals surface area contributed by atoms with Gasteiger partial charge in [0.15, 0.2) is 11.0 Å². The maximum Gasteiger partial charge on any atom is 0.151 e. The van der Waals surface area contributed by atoms with Crippen molar-refractivity contribution in [1.82, 2.24) is 20.4 Å². The normalized spacial score (nSPS) is 22.0. The quantitative estimate of drug-likeness (QED) is 0.875. The van der Waals surface area contributed by atoms with Gasteiger partial charge in [0.05, 0.1) is 0 Å². The predicted molar refractivity (Wildman–Crippen MR) is 106 cm³/mol. The fourth-order valence-electron chi connectivity index (χ4n) is 4.04. The number of aromatic nitrogens is 2. The largest absolute Gasteiger partial charge is 0.355 e. The van der Waals surface area contributed by atoms with Crippen LogP contribution in [0.15, 0.2) is 42.5 Å². The molecule has 0 amide bonds. The third-order valence-corrected chi connectivity index (χ3v) is 5.63. The highest BCUT2D eigenvalue weighted by atomic mass is 35.5. The van der Waals surface area contributed by atoms with E-state index in [4.69, 9.17) is 11.6 Å². The van der Waals surface area contributed by atoms with Crippen LogP contribution in [0.3, 0.4) is 0 Å². The Bertz CT molecular complexity index is 685. The Kier molecular flexibility index (Phi) is 5.68.